The fourth-order valence-corrected chi connectivity index (χ4v) is 5.62. The lowest BCUT2D eigenvalue weighted by Gasteiger charge is -2.20. The Hall–Kier alpha value is -1.67. The van der Waals surface area contributed by atoms with Gasteiger partial charge >= 0.3 is 15.6 Å². The molecule has 0 saturated carbocycles. The molecule has 0 aromatic carbocycles. The number of aliphatic hydroxyl groups is 5. The average Bonchev–Trinajstić information content (AvgIpc) is 3.42. The van der Waals surface area contributed by atoms with Crippen LogP contribution in [0.25, 0.3) is 11.2 Å². The normalized spacial score (nSPS) is 36.2. The van der Waals surface area contributed by atoms with Gasteiger partial charge in [0.05, 0.1) is 19.5 Å². The second kappa shape index (κ2) is 10.2. The van der Waals surface area contributed by atoms with Gasteiger partial charge in [-0.1, -0.05) is 0 Å². The fourth-order valence-electron chi connectivity index (χ4n) is 3.53. The molecule has 202 valence electrons. The van der Waals surface area contributed by atoms with Gasteiger partial charge in [0.15, 0.2) is 24.0 Å². The summed E-state index contributed by atoms with van der Waals surface area (Å²) in [4.78, 5) is 31.3. The molecule has 19 nitrogen and oxygen atoms in total. The second-order valence-corrected chi connectivity index (χ2v) is 10.8. The molecule has 2 fully saturated rings. The van der Waals surface area contributed by atoms with Crippen LogP contribution < -0.4 is 5.73 Å². The molecule has 2 saturated heterocycles. The van der Waals surface area contributed by atoms with E-state index in [9.17, 15) is 44.4 Å². The van der Waals surface area contributed by atoms with Crippen LogP contribution >= 0.6 is 15.6 Å². The molecule has 4 rings (SSSR count). The van der Waals surface area contributed by atoms with E-state index in [1.165, 1.54) is 10.9 Å². The molecule has 36 heavy (non-hydrogen) atoms. The molecular formula is C15H23N5O14P2. The third-order valence-electron chi connectivity index (χ3n) is 5.35. The monoisotopic (exact) mass is 559 g/mol. The summed E-state index contributed by atoms with van der Waals surface area (Å²) in [6.45, 7) is -1.79. The standard InChI is InChI=1S/C15H23N5O14P2/c16-12-7-13(18-3-17-12)20(4-19-7)14-10(23)8(21)5(32-14)1-30-35(26,27)34-36(28,29)31-2-6-9(22)11(24)15(25)33-6/h3-6,8-11,14-15,21-25H,1-2H2,(H,26,27)(H,28,29)(H2,16,17,18)/t5-,6-,8-,9-,10-,11-,14?,15?/m1/s1. The van der Waals surface area contributed by atoms with Gasteiger partial charge < -0.3 is 50.5 Å². The molecule has 0 amide bonds. The molecule has 21 heteroatoms. The summed E-state index contributed by atoms with van der Waals surface area (Å²) in [5.74, 6) is 0.0575. The number of fused-ring (bicyclic) bond motifs is 1. The van der Waals surface area contributed by atoms with E-state index in [4.69, 9.17) is 15.2 Å². The number of ether oxygens (including phenoxy) is 2. The van der Waals surface area contributed by atoms with Crippen LogP contribution in [-0.2, 0) is 32.0 Å². The number of imidazole rings is 1. The number of nitrogen functional groups attached to an aromatic ring is 1. The van der Waals surface area contributed by atoms with Crippen LogP contribution in [0, 0.1) is 0 Å². The zero-order valence-electron chi connectivity index (χ0n) is 17.9. The Labute approximate surface area is 200 Å². The van der Waals surface area contributed by atoms with Gasteiger partial charge in [0.25, 0.3) is 0 Å². The minimum atomic E-state index is -5.31. The second-order valence-electron chi connectivity index (χ2n) is 7.79. The first kappa shape index (κ1) is 27.4. The van der Waals surface area contributed by atoms with Crippen LogP contribution in [0.1, 0.15) is 6.23 Å². The predicted molar refractivity (Wildman–Crippen MR) is 111 cm³/mol. The highest BCUT2D eigenvalue weighted by Crippen LogP contribution is 2.60. The molecule has 4 unspecified atom stereocenters. The van der Waals surface area contributed by atoms with Crippen molar-refractivity contribution in [2.45, 2.75) is 49.1 Å². The van der Waals surface area contributed by atoms with Crippen molar-refractivity contribution in [2.24, 2.45) is 0 Å². The zero-order valence-corrected chi connectivity index (χ0v) is 19.7. The summed E-state index contributed by atoms with van der Waals surface area (Å²) in [6.07, 6.45) is -10.1. The molecule has 0 bridgehead atoms. The van der Waals surface area contributed by atoms with Crippen molar-refractivity contribution >= 4 is 32.6 Å². The molecule has 2 aromatic heterocycles. The maximum atomic E-state index is 12.2. The van der Waals surface area contributed by atoms with Crippen molar-refractivity contribution in [1.82, 2.24) is 19.5 Å². The highest BCUT2D eigenvalue weighted by atomic mass is 31.3. The molecule has 2 aliphatic rings. The Morgan fingerprint density at radius 1 is 0.889 bits per heavy atom. The lowest BCUT2D eigenvalue weighted by Crippen LogP contribution is -2.34. The Morgan fingerprint density at radius 2 is 1.47 bits per heavy atom. The first-order valence-electron chi connectivity index (χ1n) is 10.1. The number of nitrogens with two attached hydrogens (primary N) is 1. The summed E-state index contributed by atoms with van der Waals surface area (Å²) in [5.41, 5.74) is 6.09. The van der Waals surface area contributed by atoms with Gasteiger partial charge in [-0.3, -0.25) is 13.6 Å². The quantitative estimate of drug-likeness (QED) is 0.140. The van der Waals surface area contributed by atoms with Crippen LogP contribution in [0.15, 0.2) is 12.7 Å². The first-order valence-corrected chi connectivity index (χ1v) is 13.1. The Morgan fingerprint density at radius 3 is 2.06 bits per heavy atom. The molecule has 0 radical (unpaired) electrons. The van der Waals surface area contributed by atoms with Gasteiger partial charge in [-0.25, -0.2) is 24.1 Å². The van der Waals surface area contributed by atoms with Gasteiger partial charge in [-0.2, -0.15) is 4.31 Å². The summed E-state index contributed by atoms with van der Waals surface area (Å²) < 4.78 is 48.8. The number of phosphoric ester groups is 2. The number of anilines is 1. The molecule has 2 aromatic rings. The lowest BCUT2D eigenvalue weighted by atomic mass is 10.1. The topological polar surface area (TPSA) is 292 Å². The molecule has 10 atom stereocenters. The molecule has 4 heterocycles. The van der Waals surface area contributed by atoms with E-state index in [1.54, 1.807) is 0 Å². The molecule has 0 aliphatic carbocycles. The number of hydrogen-bond donors (Lipinski definition) is 8. The fraction of sp³-hybridized carbons (Fsp3) is 0.667. The molecule has 0 spiro atoms. The third kappa shape index (κ3) is 5.59. The zero-order chi connectivity index (χ0) is 26.4. The van der Waals surface area contributed by atoms with Gasteiger partial charge in [0.2, 0.25) is 0 Å². The smallest absolute Gasteiger partial charge is 0.387 e. The van der Waals surface area contributed by atoms with E-state index in [0.29, 0.717) is 0 Å². The number of nitrogens with zero attached hydrogens (tertiary/aromatic N) is 4. The minimum Gasteiger partial charge on any atom is -0.387 e. The van der Waals surface area contributed by atoms with Crippen LogP contribution in [0.4, 0.5) is 5.82 Å². The molecule has 2 aliphatic heterocycles. The van der Waals surface area contributed by atoms with Crippen LogP contribution in [0.2, 0.25) is 0 Å². The van der Waals surface area contributed by atoms with Crippen LogP contribution in [0.3, 0.4) is 0 Å². The number of aliphatic hydroxyl groups excluding tert-OH is 5. The van der Waals surface area contributed by atoms with Crippen molar-refractivity contribution in [3.63, 3.8) is 0 Å². The van der Waals surface area contributed by atoms with Gasteiger partial charge in [-0.15, -0.1) is 0 Å². The minimum absolute atomic E-state index is 0.0575. The highest BCUT2D eigenvalue weighted by Gasteiger charge is 2.47. The summed E-state index contributed by atoms with van der Waals surface area (Å²) in [5, 5.41) is 49.0. The van der Waals surface area contributed by atoms with Crippen molar-refractivity contribution in [2.75, 3.05) is 18.9 Å². The van der Waals surface area contributed by atoms with E-state index >= 15 is 0 Å². The van der Waals surface area contributed by atoms with E-state index in [0.717, 1.165) is 6.33 Å². The number of phosphoric acid groups is 2. The molecule has 9 N–H and O–H groups in total. The van der Waals surface area contributed by atoms with E-state index in [1.807, 2.05) is 0 Å². The van der Waals surface area contributed by atoms with E-state index in [2.05, 4.69) is 28.3 Å². The highest BCUT2D eigenvalue weighted by molar-refractivity contribution is 7.61. The van der Waals surface area contributed by atoms with Gasteiger partial charge in [0, 0.05) is 0 Å². The van der Waals surface area contributed by atoms with E-state index < -0.39 is 78.0 Å². The van der Waals surface area contributed by atoms with E-state index in [-0.39, 0.29) is 17.0 Å². The maximum absolute atomic E-state index is 12.2. The Balaban J connectivity index is 1.34. The summed E-state index contributed by atoms with van der Waals surface area (Å²) in [7, 11) is -10.6. The van der Waals surface area contributed by atoms with Crippen molar-refractivity contribution in [3.8, 4) is 0 Å². The van der Waals surface area contributed by atoms with Gasteiger partial charge in [0.1, 0.15) is 48.5 Å². The maximum Gasteiger partial charge on any atom is 0.481 e. The molecular weight excluding hydrogens is 536 g/mol. The average molecular weight is 559 g/mol. The Bertz CT molecular complexity index is 1180. The SMILES string of the molecule is Nc1ncnc2c1ncn2C1O[C@H](COP(=O)(O)OP(=O)(O)OC[C@H]2OC(O)[C@H](O)[C@@H]2O)[C@@H](O)[C@H]1O. The van der Waals surface area contributed by atoms with Crippen molar-refractivity contribution in [1.29, 1.82) is 0 Å². The van der Waals surface area contributed by atoms with Crippen LogP contribution in [-0.4, -0.2) is 111 Å². The largest absolute Gasteiger partial charge is 0.481 e. The third-order valence-corrected chi connectivity index (χ3v) is 7.95. The summed E-state index contributed by atoms with van der Waals surface area (Å²) >= 11 is 0. The predicted octanol–water partition coefficient (Wildman–Crippen LogP) is -3.28. The lowest BCUT2D eigenvalue weighted by molar-refractivity contribution is -0.132. The number of rotatable bonds is 9. The van der Waals surface area contributed by atoms with Crippen molar-refractivity contribution in [3.05, 3.63) is 12.7 Å². The summed E-state index contributed by atoms with van der Waals surface area (Å²) in [6, 6.07) is 0. The number of hydrogen-bond acceptors (Lipinski definition) is 16. The van der Waals surface area contributed by atoms with Gasteiger partial charge in [-0.05, 0) is 0 Å². The Kier molecular flexibility index (Phi) is 7.78. The first-order chi connectivity index (χ1) is 16.8. The van der Waals surface area contributed by atoms with Crippen LogP contribution in [0.5, 0.6) is 0 Å². The number of aromatic nitrogens is 4. The van der Waals surface area contributed by atoms with Crippen molar-refractivity contribution < 1.29 is 67.3 Å².